The fourth-order valence-electron chi connectivity index (χ4n) is 2.55. The third kappa shape index (κ3) is 4.35. The first-order valence-corrected chi connectivity index (χ1v) is 7.54. The Hall–Kier alpha value is -2.29. The zero-order valence-corrected chi connectivity index (χ0v) is 13.1. The zero-order valence-electron chi connectivity index (χ0n) is 13.1. The molecular weight excluding hydrogens is 276 g/mol. The van der Waals surface area contributed by atoms with Gasteiger partial charge in [-0.15, -0.1) is 0 Å². The summed E-state index contributed by atoms with van der Waals surface area (Å²) in [6, 6.07) is 16.4. The van der Waals surface area contributed by atoms with Crippen molar-refractivity contribution in [2.24, 2.45) is 5.92 Å². The summed E-state index contributed by atoms with van der Waals surface area (Å²) in [6.45, 7) is 1.98. The van der Waals surface area contributed by atoms with Crippen LogP contribution in [0.5, 0.6) is 5.75 Å². The Balaban J connectivity index is 2.03. The number of carboxylic acids is 1. The first-order valence-electron chi connectivity index (χ1n) is 7.54. The van der Waals surface area contributed by atoms with E-state index >= 15 is 0 Å². The third-order valence-corrected chi connectivity index (χ3v) is 3.82. The SMILES string of the molecule is COc1ccccc1-c1ccc(CCC(C)CC(=O)O)cc1. The van der Waals surface area contributed by atoms with Gasteiger partial charge in [0.05, 0.1) is 7.11 Å². The van der Waals surface area contributed by atoms with Crippen molar-refractivity contribution in [3.05, 3.63) is 54.1 Å². The second-order valence-corrected chi connectivity index (χ2v) is 5.64. The number of hydrogen-bond acceptors (Lipinski definition) is 2. The van der Waals surface area contributed by atoms with E-state index in [4.69, 9.17) is 9.84 Å². The van der Waals surface area contributed by atoms with Gasteiger partial charge in [0, 0.05) is 12.0 Å². The summed E-state index contributed by atoms with van der Waals surface area (Å²) < 4.78 is 5.39. The fraction of sp³-hybridized carbons (Fsp3) is 0.316. The van der Waals surface area contributed by atoms with E-state index in [9.17, 15) is 4.79 Å². The van der Waals surface area contributed by atoms with Gasteiger partial charge in [-0.3, -0.25) is 4.79 Å². The van der Waals surface area contributed by atoms with Gasteiger partial charge in [-0.25, -0.2) is 0 Å². The second-order valence-electron chi connectivity index (χ2n) is 5.64. The number of carboxylic acid groups (broad SMARTS) is 1. The van der Waals surface area contributed by atoms with Crippen molar-refractivity contribution in [2.75, 3.05) is 7.11 Å². The van der Waals surface area contributed by atoms with Crippen LogP contribution in [-0.4, -0.2) is 18.2 Å². The zero-order chi connectivity index (χ0) is 15.9. The molecule has 0 aromatic heterocycles. The molecule has 22 heavy (non-hydrogen) atoms. The number of aryl methyl sites for hydroxylation is 1. The normalized spacial score (nSPS) is 11.9. The molecule has 0 aliphatic heterocycles. The Kier molecular flexibility index (Phi) is 5.59. The molecule has 0 saturated heterocycles. The summed E-state index contributed by atoms with van der Waals surface area (Å²) >= 11 is 0. The summed E-state index contributed by atoms with van der Waals surface area (Å²) in [5.74, 6) is 0.343. The van der Waals surface area contributed by atoms with E-state index < -0.39 is 5.97 Å². The van der Waals surface area contributed by atoms with Crippen molar-refractivity contribution in [1.29, 1.82) is 0 Å². The Morgan fingerprint density at radius 1 is 1.14 bits per heavy atom. The van der Waals surface area contributed by atoms with E-state index in [1.54, 1.807) is 7.11 Å². The third-order valence-electron chi connectivity index (χ3n) is 3.82. The van der Waals surface area contributed by atoms with E-state index in [0.717, 1.165) is 29.7 Å². The standard InChI is InChI=1S/C19H22O3/c1-14(13-19(20)21)7-8-15-9-11-16(12-10-15)17-5-3-4-6-18(17)22-2/h3-6,9-12,14H,7-8,13H2,1-2H3,(H,20,21). The predicted octanol–water partition coefficient (Wildman–Crippen LogP) is 4.41. The first-order chi connectivity index (χ1) is 10.6. The van der Waals surface area contributed by atoms with Gasteiger partial charge < -0.3 is 9.84 Å². The predicted molar refractivity (Wildman–Crippen MR) is 88.2 cm³/mol. The van der Waals surface area contributed by atoms with Crippen LogP contribution in [0.4, 0.5) is 0 Å². The number of methoxy groups -OCH3 is 1. The van der Waals surface area contributed by atoms with E-state index in [1.807, 2.05) is 31.2 Å². The molecule has 2 rings (SSSR count). The Bertz CT molecular complexity index is 617. The monoisotopic (exact) mass is 298 g/mol. The molecule has 1 atom stereocenters. The number of rotatable bonds is 7. The van der Waals surface area contributed by atoms with Crippen LogP contribution in [-0.2, 0) is 11.2 Å². The Morgan fingerprint density at radius 3 is 2.45 bits per heavy atom. The maximum absolute atomic E-state index is 10.7. The van der Waals surface area contributed by atoms with E-state index in [2.05, 4.69) is 24.3 Å². The molecule has 1 N–H and O–H groups in total. The van der Waals surface area contributed by atoms with Gasteiger partial charge in [0.1, 0.15) is 5.75 Å². The van der Waals surface area contributed by atoms with E-state index in [0.29, 0.717) is 0 Å². The van der Waals surface area contributed by atoms with Crippen molar-refractivity contribution in [1.82, 2.24) is 0 Å². The summed E-state index contributed by atoms with van der Waals surface area (Å²) in [5.41, 5.74) is 3.44. The summed E-state index contributed by atoms with van der Waals surface area (Å²) in [5, 5.41) is 8.78. The second kappa shape index (κ2) is 7.64. The average molecular weight is 298 g/mol. The number of hydrogen-bond donors (Lipinski definition) is 1. The lowest BCUT2D eigenvalue weighted by Crippen LogP contribution is -2.05. The quantitative estimate of drug-likeness (QED) is 0.823. The minimum atomic E-state index is -0.723. The highest BCUT2D eigenvalue weighted by Gasteiger charge is 2.08. The summed E-state index contributed by atoms with van der Waals surface area (Å²) in [4.78, 5) is 10.7. The maximum atomic E-state index is 10.7. The molecule has 2 aromatic rings. The molecule has 0 bridgehead atoms. The minimum absolute atomic E-state index is 0.200. The molecule has 3 heteroatoms. The lowest BCUT2D eigenvalue weighted by atomic mass is 9.96. The number of benzene rings is 2. The van der Waals surface area contributed by atoms with Gasteiger partial charge in [-0.05, 0) is 36.0 Å². The highest BCUT2D eigenvalue weighted by molar-refractivity contribution is 5.70. The summed E-state index contributed by atoms with van der Waals surface area (Å²) in [7, 11) is 1.68. The molecule has 0 saturated carbocycles. The van der Waals surface area contributed by atoms with Gasteiger partial charge >= 0.3 is 5.97 Å². The van der Waals surface area contributed by atoms with Crippen molar-refractivity contribution < 1.29 is 14.6 Å². The highest BCUT2D eigenvalue weighted by Crippen LogP contribution is 2.29. The fourth-order valence-corrected chi connectivity index (χ4v) is 2.55. The summed E-state index contributed by atoms with van der Waals surface area (Å²) in [6.07, 6.45) is 2.03. The average Bonchev–Trinajstić information content (AvgIpc) is 2.53. The van der Waals surface area contributed by atoms with Crippen LogP contribution in [0, 0.1) is 5.92 Å². The van der Waals surface area contributed by atoms with Gasteiger partial charge in [-0.1, -0.05) is 49.4 Å². The molecule has 116 valence electrons. The van der Waals surface area contributed by atoms with E-state index in [1.165, 1.54) is 5.56 Å². The van der Waals surface area contributed by atoms with Crippen molar-refractivity contribution in [2.45, 2.75) is 26.2 Å². The van der Waals surface area contributed by atoms with Crippen molar-refractivity contribution in [3.63, 3.8) is 0 Å². The molecule has 0 spiro atoms. The smallest absolute Gasteiger partial charge is 0.303 e. The lowest BCUT2D eigenvalue weighted by molar-refractivity contribution is -0.138. The molecule has 1 unspecified atom stereocenters. The van der Waals surface area contributed by atoms with E-state index in [-0.39, 0.29) is 12.3 Å². The molecule has 0 fully saturated rings. The molecule has 0 amide bonds. The van der Waals surface area contributed by atoms with Crippen LogP contribution < -0.4 is 4.74 Å². The minimum Gasteiger partial charge on any atom is -0.496 e. The maximum Gasteiger partial charge on any atom is 0.303 e. The van der Waals surface area contributed by atoms with Crippen LogP contribution in [0.1, 0.15) is 25.3 Å². The molecule has 0 aliphatic carbocycles. The highest BCUT2D eigenvalue weighted by atomic mass is 16.5. The van der Waals surface area contributed by atoms with Crippen LogP contribution in [0.3, 0.4) is 0 Å². The number of aliphatic carboxylic acids is 1. The molecule has 0 heterocycles. The largest absolute Gasteiger partial charge is 0.496 e. The van der Waals surface area contributed by atoms with Crippen LogP contribution in [0.2, 0.25) is 0 Å². The molecule has 0 radical (unpaired) electrons. The van der Waals surface area contributed by atoms with Crippen LogP contribution in [0.15, 0.2) is 48.5 Å². The molecule has 3 nitrogen and oxygen atoms in total. The number of para-hydroxylation sites is 1. The van der Waals surface area contributed by atoms with Crippen LogP contribution in [0.25, 0.3) is 11.1 Å². The molecule has 2 aromatic carbocycles. The Labute approximate surface area is 131 Å². The molecule has 0 aliphatic rings. The van der Waals surface area contributed by atoms with Gasteiger partial charge in [0.15, 0.2) is 0 Å². The lowest BCUT2D eigenvalue weighted by Gasteiger charge is -2.10. The first kappa shape index (κ1) is 16.1. The van der Waals surface area contributed by atoms with Crippen LogP contribution >= 0.6 is 0 Å². The van der Waals surface area contributed by atoms with Crippen molar-refractivity contribution >= 4 is 5.97 Å². The van der Waals surface area contributed by atoms with Gasteiger partial charge in [0.25, 0.3) is 0 Å². The number of carbonyl (C=O) groups is 1. The Morgan fingerprint density at radius 2 is 1.82 bits per heavy atom. The van der Waals surface area contributed by atoms with Crippen molar-refractivity contribution in [3.8, 4) is 16.9 Å². The van der Waals surface area contributed by atoms with Gasteiger partial charge in [0.2, 0.25) is 0 Å². The number of ether oxygens (including phenoxy) is 1. The topological polar surface area (TPSA) is 46.5 Å². The van der Waals surface area contributed by atoms with Gasteiger partial charge in [-0.2, -0.15) is 0 Å². The molecular formula is C19H22O3.